The largest absolute Gasteiger partial charge is 0.420 e. The van der Waals surface area contributed by atoms with Crippen LogP contribution in [-0.2, 0) is 0 Å². The lowest BCUT2D eigenvalue weighted by molar-refractivity contribution is 0.433. The molecule has 0 unspecified atom stereocenters. The van der Waals surface area contributed by atoms with Gasteiger partial charge in [-0.15, -0.1) is 0 Å². The predicted molar refractivity (Wildman–Crippen MR) is 102 cm³/mol. The van der Waals surface area contributed by atoms with Gasteiger partial charge >= 0.3 is 0 Å². The second kappa shape index (κ2) is 6.24. The van der Waals surface area contributed by atoms with E-state index in [2.05, 4.69) is 30.1 Å². The maximum atomic E-state index is 6.16. The van der Waals surface area contributed by atoms with E-state index in [9.17, 15) is 0 Å². The molecular weight excluding hydrogens is 380 g/mol. The molecule has 0 radical (unpaired) electrons. The van der Waals surface area contributed by atoms with E-state index in [4.69, 9.17) is 16.3 Å². The summed E-state index contributed by atoms with van der Waals surface area (Å²) in [6.45, 7) is 3.84. The van der Waals surface area contributed by atoms with Crippen molar-refractivity contribution in [2.45, 2.75) is 13.8 Å². The second-order valence-corrected chi connectivity index (χ2v) is 6.65. The number of rotatable bonds is 3. The molecule has 5 rings (SSSR count). The summed E-state index contributed by atoms with van der Waals surface area (Å²) in [5, 5.41) is 9.90. The van der Waals surface area contributed by atoms with E-state index >= 15 is 0 Å². The van der Waals surface area contributed by atoms with E-state index in [1.807, 2.05) is 32.0 Å². The number of nitrogens with zero attached hydrogens (tertiary/aromatic N) is 8. The molecule has 28 heavy (non-hydrogen) atoms. The number of benzene rings is 1. The predicted octanol–water partition coefficient (Wildman–Crippen LogP) is 3.32. The average molecular weight is 393 g/mol. The lowest BCUT2D eigenvalue weighted by atomic mass is 10.2. The topological polar surface area (TPSA) is 95.9 Å². The van der Waals surface area contributed by atoms with Crippen molar-refractivity contribution in [1.82, 2.24) is 39.3 Å². The Hall–Kier alpha value is -3.59. The number of hydrogen-bond donors (Lipinski definition) is 0. The molecule has 0 bridgehead atoms. The van der Waals surface area contributed by atoms with Crippen LogP contribution in [0.1, 0.15) is 11.3 Å². The molecule has 0 saturated carbocycles. The van der Waals surface area contributed by atoms with Gasteiger partial charge in [-0.1, -0.05) is 17.7 Å². The monoisotopic (exact) mass is 392 g/mol. The Labute approximate surface area is 163 Å². The first-order valence-electron chi connectivity index (χ1n) is 8.40. The third kappa shape index (κ3) is 2.64. The third-order valence-corrected chi connectivity index (χ3v) is 4.51. The van der Waals surface area contributed by atoms with Crippen LogP contribution in [-0.4, -0.2) is 39.3 Å². The standard InChI is InChI=1S/C18H13ClN8O/c1-10-3-4-12(19)6-14(10)26-16-13(7-23-26)17(21-8-20-16)28-15-5-11(2)25-18-22-9-24-27(15)18/h3-9H,1-2H3. The smallest absolute Gasteiger partial charge is 0.255 e. The molecule has 1 aromatic carbocycles. The highest BCUT2D eigenvalue weighted by molar-refractivity contribution is 6.30. The van der Waals surface area contributed by atoms with Crippen LogP contribution in [0.4, 0.5) is 0 Å². The van der Waals surface area contributed by atoms with Crippen molar-refractivity contribution in [1.29, 1.82) is 0 Å². The van der Waals surface area contributed by atoms with Crippen molar-refractivity contribution < 1.29 is 4.74 Å². The quantitative estimate of drug-likeness (QED) is 0.464. The summed E-state index contributed by atoms with van der Waals surface area (Å²) in [7, 11) is 0. The highest BCUT2D eigenvalue weighted by atomic mass is 35.5. The Kier molecular flexibility index (Phi) is 3.69. The fourth-order valence-electron chi connectivity index (χ4n) is 2.96. The molecule has 9 nitrogen and oxygen atoms in total. The summed E-state index contributed by atoms with van der Waals surface area (Å²) in [6.07, 6.45) is 4.52. The minimum Gasteiger partial charge on any atom is -0.420 e. The highest BCUT2D eigenvalue weighted by Crippen LogP contribution is 2.29. The van der Waals surface area contributed by atoms with Gasteiger partial charge in [0, 0.05) is 16.8 Å². The Bertz CT molecular complexity index is 1340. The first-order chi connectivity index (χ1) is 13.6. The summed E-state index contributed by atoms with van der Waals surface area (Å²) >= 11 is 6.16. The number of aromatic nitrogens is 8. The van der Waals surface area contributed by atoms with Gasteiger partial charge in [-0.3, -0.25) is 0 Å². The highest BCUT2D eigenvalue weighted by Gasteiger charge is 2.16. The van der Waals surface area contributed by atoms with E-state index in [0.717, 1.165) is 16.9 Å². The van der Waals surface area contributed by atoms with Crippen molar-refractivity contribution in [3.05, 3.63) is 59.4 Å². The van der Waals surface area contributed by atoms with Crippen LogP contribution in [0.3, 0.4) is 0 Å². The Morgan fingerprint density at radius 1 is 1.00 bits per heavy atom. The maximum absolute atomic E-state index is 6.16. The van der Waals surface area contributed by atoms with Crippen molar-refractivity contribution in [2.75, 3.05) is 0 Å². The molecule has 0 atom stereocenters. The van der Waals surface area contributed by atoms with Crippen molar-refractivity contribution in [3.8, 4) is 17.4 Å². The molecule has 0 amide bonds. The molecule has 10 heteroatoms. The Balaban J connectivity index is 1.65. The van der Waals surface area contributed by atoms with Crippen LogP contribution < -0.4 is 4.74 Å². The molecule has 0 saturated heterocycles. The normalized spacial score (nSPS) is 11.4. The van der Waals surface area contributed by atoms with E-state index < -0.39 is 0 Å². The summed E-state index contributed by atoms with van der Waals surface area (Å²) in [6, 6.07) is 7.38. The fourth-order valence-corrected chi connectivity index (χ4v) is 3.13. The number of aryl methyl sites for hydroxylation is 2. The molecule has 0 N–H and O–H groups in total. The van der Waals surface area contributed by atoms with Crippen LogP contribution >= 0.6 is 11.6 Å². The molecule has 5 aromatic rings. The van der Waals surface area contributed by atoms with Crippen LogP contribution in [0.5, 0.6) is 11.8 Å². The first-order valence-corrected chi connectivity index (χ1v) is 8.78. The number of fused-ring (bicyclic) bond motifs is 2. The van der Waals surface area contributed by atoms with Gasteiger partial charge in [0.15, 0.2) is 5.65 Å². The summed E-state index contributed by atoms with van der Waals surface area (Å²) in [4.78, 5) is 17.1. The van der Waals surface area contributed by atoms with E-state index in [1.54, 1.807) is 16.9 Å². The van der Waals surface area contributed by atoms with Crippen molar-refractivity contribution in [3.63, 3.8) is 0 Å². The minimum absolute atomic E-state index is 0.360. The average Bonchev–Trinajstić information content (AvgIpc) is 3.31. The van der Waals surface area contributed by atoms with Gasteiger partial charge in [0.25, 0.3) is 5.78 Å². The number of ether oxygens (including phenoxy) is 1. The van der Waals surface area contributed by atoms with Gasteiger partial charge in [-0.05, 0) is 31.5 Å². The molecule has 0 aliphatic heterocycles. The molecule has 0 spiro atoms. The second-order valence-electron chi connectivity index (χ2n) is 6.21. The Morgan fingerprint density at radius 3 is 2.79 bits per heavy atom. The lowest BCUT2D eigenvalue weighted by Gasteiger charge is -2.09. The third-order valence-electron chi connectivity index (χ3n) is 4.28. The molecule has 138 valence electrons. The number of hydrogen-bond acceptors (Lipinski definition) is 7. The molecule has 4 heterocycles. The molecular formula is C18H13ClN8O. The lowest BCUT2D eigenvalue weighted by Crippen LogP contribution is -2.02. The first kappa shape index (κ1) is 16.6. The van der Waals surface area contributed by atoms with Crippen LogP contribution in [0.15, 0.2) is 43.1 Å². The Morgan fingerprint density at radius 2 is 1.89 bits per heavy atom. The van der Waals surface area contributed by atoms with Gasteiger partial charge < -0.3 is 4.74 Å². The van der Waals surface area contributed by atoms with Crippen LogP contribution in [0, 0.1) is 13.8 Å². The summed E-state index contributed by atoms with van der Waals surface area (Å²) in [5.74, 6) is 1.26. The zero-order chi connectivity index (χ0) is 19.3. The van der Waals surface area contributed by atoms with Crippen molar-refractivity contribution >= 4 is 28.4 Å². The van der Waals surface area contributed by atoms with Gasteiger partial charge in [0.2, 0.25) is 11.8 Å². The van der Waals surface area contributed by atoms with E-state index in [0.29, 0.717) is 33.6 Å². The zero-order valence-corrected chi connectivity index (χ0v) is 15.7. The van der Waals surface area contributed by atoms with Gasteiger partial charge in [-0.25, -0.2) is 19.6 Å². The van der Waals surface area contributed by atoms with Gasteiger partial charge in [0.05, 0.1) is 11.9 Å². The maximum Gasteiger partial charge on any atom is 0.255 e. The van der Waals surface area contributed by atoms with Gasteiger partial charge in [0.1, 0.15) is 18.0 Å². The zero-order valence-electron chi connectivity index (χ0n) is 14.9. The van der Waals surface area contributed by atoms with E-state index in [-0.39, 0.29) is 0 Å². The van der Waals surface area contributed by atoms with Crippen LogP contribution in [0.25, 0.3) is 22.5 Å². The molecule has 4 aromatic heterocycles. The summed E-state index contributed by atoms with van der Waals surface area (Å²) in [5.41, 5.74) is 3.22. The van der Waals surface area contributed by atoms with E-state index in [1.165, 1.54) is 17.2 Å². The molecule has 0 fully saturated rings. The SMILES string of the molecule is Cc1cc(Oc2ncnc3c2cnn3-c2cc(Cl)ccc2C)n2ncnc2n1. The van der Waals surface area contributed by atoms with Crippen molar-refractivity contribution in [2.24, 2.45) is 0 Å². The summed E-state index contributed by atoms with van der Waals surface area (Å²) < 4.78 is 9.26. The van der Waals surface area contributed by atoms with Gasteiger partial charge in [-0.2, -0.15) is 19.7 Å². The van der Waals surface area contributed by atoms with Crippen LogP contribution in [0.2, 0.25) is 5.02 Å². The fraction of sp³-hybridized carbons (Fsp3) is 0.111. The minimum atomic E-state index is 0.360. The molecule has 0 aliphatic rings. The number of halogens is 1. The molecule has 0 aliphatic carbocycles.